The third-order valence-corrected chi connectivity index (χ3v) is 7.34. The molecule has 25 heavy (non-hydrogen) atoms. The number of rotatable bonds is 4. The molecule has 1 aromatic heterocycles. The topological polar surface area (TPSA) is 82.0 Å². The summed E-state index contributed by atoms with van der Waals surface area (Å²) in [7, 11) is -1.57. The second-order valence-electron chi connectivity index (χ2n) is 6.95. The minimum atomic E-state index is -3.35. The molecule has 138 valence electrons. The van der Waals surface area contributed by atoms with E-state index in [0.29, 0.717) is 39.3 Å². The van der Waals surface area contributed by atoms with Crippen molar-refractivity contribution in [3.8, 4) is 0 Å². The lowest BCUT2D eigenvalue weighted by Gasteiger charge is -2.23. The number of carbonyl (C=O) groups excluding carboxylic acids is 1. The van der Waals surface area contributed by atoms with Crippen molar-refractivity contribution in [3.63, 3.8) is 0 Å². The van der Waals surface area contributed by atoms with Crippen LogP contribution in [0.2, 0.25) is 0 Å². The molecule has 0 radical (unpaired) electrons. The zero-order chi connectivity index (χ0) is 17.6. The van der Waals surface area contributed by atoms with Crippen molar-refractivity contribution in [1.82, 2.24) is 23.3 Å². The van der Waals surface area contributed by atoms with Crippen LogP contribution in [0.15, 0.2) is 12.4 Å². The Kier molecular flexibility index (Phi) is 4.20. The standard InChI is InChI=1S/C15H24N6O3S/c1-17-8-9-20(15(17)22)14-10-16-21(12-14)13-4-7-19(11-13)25(23,24)18-5-2-3-6-18/h10,12-13H,2-9,11H2,1H3. The third kappa shape index (κ3) is 2.91. The Morgan fingerprint density at radius 3 is 2.52 bits per heavy atom. The maximum Gasteiger partial charge on any atom is 0.324 e. The van der Waals surface area contributed by atoms with E-state index in [4.69, 9.17) is 0 Å². The molecule has 4 rings (SSSR count). The molecule has 9 nitrogen and oxygen atoms in total. The molecule has 0 aromatic carbocycles. The van der Waals surface area contributed by atoms with E-state index in [2.05, 4.69) is 5.10 Å². The summed E-state index contributed by atoms with van der Waals surface area (Å²) in [5.41, 5.74) is 0.773. The lowest BCUT2D eigenvalue weighted by Crippen LogP contribution is -2.41. The molecule has 0 saturated carbocycles. The van der Waals surface area contributed by atoms with Gasteiger partial charge in [0.1, 0.15) is 0 Å². The fourth-order valence-corrected chi connectivity index (χ4v) is 5.52. The van der Waals surface area contributed by atoms with Crippen LogP contribution in [0.25, 0.3) is 0 Å². The summed E-state index contributed by atoms with van der Waals surface area (Å²) in [6, 6.07) is -0.00854. The van der Waals surface area contributed by atoms with E-state index in [1.165, 1.54) is 0 Å². The normalized spacial score (nSPS) is 26.3. The van der Waals surface area contributed by atoms with Gasteiger partial charge in [0, 0.05) is 52.5 Å². The van der Waals surface area contributed by atoms with Crippen molar-refractivity contribution in [2.45, 2.75) is 25.3 Å². The first-order valence-electron chi connectivity index (χ1n) is 8.79. The zero-order valence-corrected chi connectivity index (χ0v) is 15.2. The molecule has 0 aliphatic carbocycles. The molecule has 3 fully saturated rings. The van der Waals surface area contributed by atoms with Crippen molar-refractivity contribution in [2.24, 2.45) is 0 Å². The Labute approximate surface area is 147 Å². The van der Waals surface area contributed by atoms with Crippen LogP contribution in [0.1, 0.15) is 25.3 Å². The Hall–Kier alpha value is -1.65. The van der Waals surface area contributed by atoms with Crippen molar-refractivity contribution in [3.05, 3.63) is 12.4 Å². The average Bonchev–Trinajstić information content (AvgIpc) is 3.36. The van der Waals surface area contributed by atoms with E-state index in [-0.39, 0.29) is 12.1 Å². The number of urea groups is 1. The first-order valence-corrected chi connectivity index (χ1v) is 10.2. The molecule has 3 aliphatic rings. The SMILES string of the molecule is CN1CCN(c2cnn(C3CCN(S(=O)(=O)N4CCCC4)C3)c2)C1=O. The van der Waals surface area contributed by atoms with Gasteiger partial charge in [0.2, 0.25) is 0 Å². The second-order valence-corrected chi connectivity index (χ2v) is 8.88. The fraction of sp³-hybridized carbons (Fsp3) is 0.733. The van der Waals surface area contributed by atoms with Crippen LogP contribution in [0.4, 0.5) is 10.5 Å². The molecule has 3 aliphatic heterocycles. The van der Waals surface area contributed by atoms with E-state index in [1.54, 1.807) is 36.3 Å². The number of hydrogen-bond acceptors (Lipinski definition) is 4. The van der Waals surface area contributed by atoms with Crippen molar-refractivity contribution < 1.29 is 13.2 Å². The number of hydrogen-bond donors (Lipinski definition) is 0. The van der Waals surface area contributed by atoms with E-state index in [0.717, 1.165) is 24.9 Å². The zero-order valence-electron chi connectivity index (χ0n) is 14.4. The average molecular weight is 368 g/mol. The van der Waals surface area contributed by atoms with Crippen LogP contribution in [0, 0.1) is 0 Å². The summed E-state index contributed by atoms with van der Waals surface area (Å²) in [6.07, 6.45) is 6.17. The highest BCUT2D eigenvalue weighted by molar-refractivity contribution is 7.86. The van der Waals surface area contributed by atoms with E-state index < -0.39 is 10.2 Å². The largest absolute Gasteiger partial charge is 0.326 e. The van der Waals surface area contributed by atoms with E-state index in [9.17, 15) is 13.2 Å². The van der Waals surface area contributed by atoms with Crippen LogP contribution in [0.5, 0.6) is 0 Å². The molecule has 0 N–H and O–H groups in total. The Balaban J connectivity index is 1.45. The molecule has 10 heteroatoms. The highest BCUT2D eigenvalue weighted by Gasteiger charge is 2.37. The Morgan fingerprint density at radius 1 is 1.08 bits per heavy atom. The summed E-state index contributed by atoms with van der Waals surface area (Å²) < 4.78 is 30.3. The minimum absolute atomic E-state index is 0.0153. The molecule has 1 unspecified atom stereocenters. The quantitative estimate of drug-likeness (QED) is 0.768. The highest BCUT2D eigenvalue weighted by Crippen LogP contribution is 2.28. The molecule has 2 amide bonds. The van der Waals surface area contributed by atoms with Gasteiger partial charge in [-0.2, -0.15) is 22.1 Å². The fourth-order valence-electron chi connectivity index (χ4n) is 3.77. The van der Waals surface area contributed by atoms with Crippen LogP contribution in [-0.2, 0) is 10.2 Å². The number of amides is 2. The van der Waals surface area contributed by atoms with Crippen molar-refractivity contribution in [1.29, 1.82) is 0 Å². The van der Waals surface area contributed by atoms with Crippen molar-refractivity contribution in [2.75, 3.05) is 51.2 Å². The van der Waals surface area contributed by atoms with Crippen LogP contribution in [0.3, 0.4) is 0 Å². The van der Waals surface area contributed by atoms with Gasteiger partial charge < -0.3 is 4.90 Å². The number of aromatic nitrogens is 2. The summed E-state index contributed by atoms with van der Waals surface area (Å²) in [6.45, 7) is 3.56. The monoisotopic (exact) mass is 368 g/mol. The summed E-state index contributed by atoms with van der Waals surface area (Å²) >= 11 is 0. The number of carbonyl (C=O) groups is 1. The predicted molar refractivity (Wildman–Crippen MR) is 92.6 cm³/mol. The Morgan fingerprint density at radius 2 is 1.84 bits per heavy atom. The van der Waals surface area contributed by atoms with Gasteiger partial charge in [-0.05, 0) is 19.3 Å². The van der Waals surface area contributed by atoms with Gasteiger partial charge in [0.25, 0.3) is 10.2 Å². The molecule has 3 saturated heterocycles. The summed E-state index contributed by atoms with van der Waals surface area (Å²) in [5.74, 6) is 0. The summed E-state index contributed by atoms with van der Waals surface area (Å²) in [4.78, 5) is 15.5. The molecule has 0 bridgehead atoms. The van der Waals surface area contributed by atoms with Crippen LogP contribution in [-0.4, -0.2) is 84.1 Å². The minimum Gasteiger partial charge on any atom is -0.326 e. The smallest absolute Gasteiger partial charge is 0.324 e. The molecule has 1 atom stereocenters. The van der Waals surface area contributed by atoms with Gasteiger partial charge in [0.15, 0.2) is 0 Å². The lowest BCUT2D eigenvalue weighted by atomic mass is 10.3. The molecular weight excluding hydrogens is 344 g/mol. The lowest BCUT2D eigenvalue weighted by molar-refractivity contribution is 0.229. The first-order chi connectivity index (χ1) is 12.0. The molecule has 1 aromatic rings. The van der Waals surface area contributed by atoms with Crippen LogP contribution >= 0.6 is 0 Å². The van der Waals surface area contributed by atoms with Gasteiger partial charge in [-0.15, -0.1) is 0 Å². The van der Waals surface area contributed by atoms with Crippen LogP contribution < -0.4 is 4.90 Å². The maximum atomic E-state index is 12.7. The highest BCUT2D eigenvalue weighted by atomic mass is 32.2. The third-order valence-electron chi connectivity index (χ3n) is 5.33. The Bertz CT molecular complexity index is 757. The van der Waals surface area contributed by atoms with Gasteiger partial charge in [-0.3, -0.25) is 9.58 Å². The molecule has 0 spiro atoms. The number of likely N-dealkylation sites (N-methyl/N-ethyl adjacent to an activating group) is 1. The second kappa shape index (κ2) is 6.26. The van der Waals surface area contributed by atoms with Gasteiger partial charge in [-0.1, -0.05) is 0 Å². The van der Waals surface area contributed by atoms with Gasteiger partial charge in [-0.25, -0.2) is 4.79 Å². The van der Waals surface area contributed by atoms with E-state index in [1.807, 2.05) is 6.20 Å². The summed E-state index contributed by atoms with van der Waals surface area (Å²) in [5, 5.41) is 4.39. The van der Waals surface area contributed by atoms with Gasteiger partial charge >= 0.3 is 6.03 Å². The maximum absolute atomic E-state index is 12.7. The predicted octanol–water partition coefficient (Wildman–Crippen LogP) is 0.342. The van der Waals surface area contributed by atoms with E-state index >= 15 is 0 Å². The molecular formula is C15H24N6O3S. The number of anilines is 1. The van der Waals surface area contributed by atoms with Crippen molar-refractivity contribution >= 4 is 21.9 Å². The first kappa shape index (κ1) is 16.8. The van der Waals surface area contributed by atoms with Gasteiger partial charge in [0.05, 0.1) is 17.9 Å². The number of nitrogens with zero attached hydrogens (tertiary/aromatic N) is 6. The molecule has 4 heterocycles.